The van der Waals surface area contributed by atoms with Crippen molar-refractivity contribution in [3.05, 3.63) is 42.2 Å². The maximum Gasteiger partial charge on any atom is 0.111 e. The minimum absolute atomic E-state index is 0.625. The molecular weight excluding hydrogens is 198 g/mol. The van der Waals surface area contributed by atoms with Crippen molar-refractivity contribution in [3.8, 4) is 0 Å². The second-order valence-corrected chi connectivity index (χ2v) is 4.10. The fourth-order valence-electron chi connectivity index (χ4n) is 1.89. The SMILES string of the molecule is C=C(C)Cn1c(CCN)nc2ccccc21. The molecule has 1 heterocycles. The average molecular weight is 215 g/mol. The lowest BCUT2D eigenvalue weighted by Gasteiger charge is -2.07. The first-order valence-electron chi connectivity index (χ1n) is 5.51. The summed E-state index contributed by atoms with van der Waals surface area (Å²) < 4.78 is 2.20. The standard InChI is InChI=1S/C13H17N3/c1-10(2)9-16-12-6-4-3-5-11(12)15-13(16)7-8-14/h3-6H,1,7-9,14H2,2H3. The number of rotatable bonds is 4. The minimum atomic E-state index is 0.625. The summed E-state index contributed by atoms with van der Waals surface area (Å²) in [5.74, 6) is 1.05. The molecule has 2 N–H and O–H groups in total. The van der Waals surface area contributed by atoms with Gasteiger partial charge in [-0.15, -0.1) is 0 Å². The number of benzene rings is 1. The molecule has 0 aliphatic carbocycles. The summed E-state index contributed by atoms with van der Waals surface area (Å²) in [6.07, 6.45) is 0.808. The third kappa shape index (κ3) is 1.99. The van der Waals surface area contributed by atoms with Gasteiger partial charge in [0.2, 0.25) is 0 Å². The van der Waals surface area contributed by atoms with Gasteiger partial charge in [0.25, 0.3) is 0 Å². The Labute approximate surface area is 95.6 Å². The van der Waals surface area contributed by atoms with Gasteiger partial charge in [-0.25, -0.2) is 4.98 Å². The van der Waals surface area contributed by atoms with Crippen molar-refractivity contribution in [1.29, 1.82) is 0 Å². The quantitative estimate of drug-likeness (QED) is 0.794. The highest BCUT2D eigenvalue weighted by molar-refractivity contribution is 5.76. The Morgan fingerprint density at radius 2 is 2.19 bits per heavy atom. The van der Waals surface area contributed by atoms with Gasteiger partial charge in [-0.2, -0.15) is 0 Å². The highest BCUT2D eigenvalue weighted by atomic mass is 15.1. The number of aromatic nitrogens is 2. The number of nitrogens with zero attached hydrogens (tertiary/aromatic N) is 2. The van der Waals surface area contributed by atoms with Gasteiger partial charge in [-0.1, -0.05) is 24.3 Å². The lowest BCUT2D eigenvalue weighted by atomic mass is 10.3. The van der Waals surface area contributed by atoms with Crippen molar-refractivity contribution in [2.45, 2.75) is 19.9 Å². The molecular formula is C13H17N3. The number of hydrogen-bond donors (Lipinski definition) is 1. The molecule has 0 unspecified atom stereocenters. The Bertz CT molecular complexity index is 511. The molecule has 1 aromatic carbocycles. The summed E-state index contributed by atoms with van der Waals surface area (Å²) >= 11 is 0. The van der Waals surface area contributed by atoms with Gasteiger partial charge in [0.05, 0.1) is 11.0 Å². The van der Waals surface area contributed by atoms with E-state index in [4.69, 9.17) is 5.73 Å². The molecule has 0 saturated heterocycles. The van der Waals surface area contributed by atoms with Crippen molar-refractivity contribution in [3.63, 3.8) is 0 Å². The van der Waals surface area contributed by atoms with Gasteiger partial charge in [-0.3, -0.25) is 0 Å². The summed E-state index contributed by atoms with van der Waals surface area (Å²) in [4.78, 5) is 4.60. The van der Waals surface area contributed by atoms with Crippen molar-refractivity contribution >= 4 is 11.0 Å². The first-order valence-corrected chi connectivity index (χ1v) is 5.51. The average Bonchev–Trinajstić information content (AvgIpc) is 2.57. The van der Waals surface area contributed by atoms with E-state index in [0.717, 1.165) is 35.4 Å². The van der Waals surface area contributed by atoms with Gasteiger partial charge < -0.3 is 10.3 Å². The van der Waals surface area contributed by atoms with Crippen LogP contribution in [0.4, 0.5) is 0 Å². The Morgan fingerprint density at radius 1 is 1.44 bits per heavy atom. The molecule has 16 heavy (non-hydrogen) atoms. The zero-order valence-electron chi connectivity index (χ0n) is 9.61. The van der Waals surface area contributed by atoms with Crippen LogP contribution in [-0.4, -0.2) is 16.1 Å². The molecule has 0 fully saturated rings. The summed E-state index contributed by atoms with van der Waals surface area (Å²) in [5, 5.41) is 0. The minimum Gasteiger partial charge on any atom is -0.330 e. The molecule has 0 spiro atoms. The second-order valence-electron chi connectivity index (χ2n) is 4.10. The van der Waals surface area contributed by atoms with E-state index >= 15 is 0 Å². The highest BCUT2D eigenvalue weighted by Gasteiger charge is 2.08. The van der Waals surface area contributed by atoms with Crippen LogP contribution in [0.2, 0.25) is 0 Å². The van der Waals surface area contributed by atoms with E-state index in [0.29, 0.717) is 6.54 Å². The predicted molar refractivity (Wildman–Crippen MR) is 67.3 cm³/mol. The number of fused-ring (bicyclic) bond motifs is 1. The molecule has 0 aliphatic rings. The summed E-state index contributed by atoms with van der Waals surface area (Å²) in [6, 6.07) is 8.16. The molecule has 0 amide bonds. The van der Waals surface area contributed by atoms with E-state index in [9.17, 15) is 0 Å². The third-order valence-electron chi connectivity index (χ3n) is 2.53. The Morgan fingerprint density at radius 3 is 2.88 bits per heavy atom. The maximum absolute atomic E-state index is 5.61. The molecule has 0 atom stereocenters. The smallest absolute Gasteiger partial charge is 0.111 e. The van der Waals surface area contributed by atoms with Crippen molar-refractivity contribution in [2.75, 3.05) is 6.54 Å². The second kappa shape index (κ2) is 4.49. The number of allylic oxidation sites excluding steroid dienone is 1. The largest absolute Gasteiger partial charge is 0.330 e. The van der Waals surface area contributed by atoms with Crippen LogP contribution in [0.25, 0.3) is 11.0 Å². The molecule has 0 aliphatic heterocycles. The van der Waals surface area contributed by atoms with E-state index in [1.165, 1.54) is 0 Å². The molecule has 3 heteroatoms. The van der Waals surface area contributed by atoms with Crippen LogP contribution in [0.5, 0.6) is 0 Å². The van der Waals surface area contributed by atoms with E-state index in [1.54, 1.807) is 0 Å². The van der Waals surface area contributed by atoms with Gasteiger partial charge in [0, 0.05) is 13.0 Å². The van der Waals surface area contributed by atoms with Crippen LogP contribution >= 0.6 is 0 Å². The van der Waals surface area contributed by atoms with Crippen LogP contribution in [0.15, 0.2) is 36.4 Å². The third-order valence-corrected chi connectivity index (χ3v) is 2.53. The Hall–Kier alpha value is -1.61. The molecule has 1 aromatic heterocycles. The molecule has 2 aromatic rings. The monoisotopic (exact) mass is 215 g/mol. The number of nitrogens with two attached hydrogens (primary N) is 1. The summed E-state index contributed by atoms with van der Waals surface area (Å²) in [6.45, 7) is 7.43. The lowest BCUT2D eigenvalue weighted by Crippen LogP contribution is -2.10. The van der Waals surface area contributed by atoms with Gasteiger partial charge in [0.15, 0.2) is 0 Å². The first-order chi connectivity index (χ1) is 7.72. The zero-order chi connectivity index (χ0) is 11.5. The van der Waals surface area contributed by atoms with E-state index in [2.05, 4.69) is 22.2 Å². The summed E-state index contributed by atoms with van der Waals surface area (Å²) in [5.41, 5.74) is 8.93. The summed E-state index contributed by atoms with van der Waals surface area (Å²) in [7, 11) is 0. The fraction of sp³-hybridized carbons (Fsp3) is 0.308. The van der Waals surface area contributed by atoms with Crippen LogP contribution in [0.3, 0.4) is 0 Å². The van der Waals surface area contributed by atoms with Gasteiger partial charge in [-0.05, 0) is 25.6 Å². The zero-order valence-corrected chi connectivity index (χ0v) is 9.61. The Kier molecular flexibility index (Phi) is 3.06. The molecule has 0 saturated carbocycles. The van der Waals surface area contributed by atoms with Crippen LogP contribution < -0.4 is 5.73 Å². The fourth-order valence-corrected chi connectivity index (χ4v) is 1.89. The number of para-hydroxylation sites is 2. The van der Waals surface area contributed by atoms with Gasteiger partial charge >= 0.3 is 0 Å². The maximum atomic E-state index is 5.61. The van der Waals surface area contributed by atoms with Crippen LogP contribution in [0.1, 0.15) is 12.7 Å². The first kappa shape index (κ1) is 10.9. The molecule has 84 valence electrons. The highest BCUT2D eigenvalue weighted by Crippen LogP contribution is 2.17. The van der Waals surface area contributed by atoms with Crippen molar-refractivity contribution in [1.82, 2.24) is 9.55 Å². The topological polar surface area (TPSA) is 43.8 Å². The Balaban J connectivity index is 2.54. The predicted octanol–water partition coefficient (Wildman–Crippen LogP) is 2.11. The number of imidazole rings is 1. The van der Waals surface area contributed by atoms with E-state index < -0.39 is 0 Å². The lowest BCUT2D eigenvalue weighted by molar-refractivity contribution is 0.727. The van der Waals surface area contributed by atoms with E-state index in [1.807, 2.05) is 25.1 Å². The van der Waals surface area contributed by atoms with Gasteiger partial charge in [0.1, 0.15) is 5.82 Å². The number of hydrogen-bond acceptors (Lipinski definition) is 2. The van der Waals surface area contributed by atoms with Crippen LogP contribution in [0, 0.1) is 0 Å². The molecule has 2 rings (SSSR count). The van der Waals surface area contributed by atoms with E-state index in [-0.39, 0.29) is 0 Å². The molecule has 3 nitrogen and oxygen atoms in total. The molecule has 0 radical (unpaired) electrons. The molecule has 0 bridgehead atoms. The van der Waals surface area contributed by atoms with Crippen molar-refractivity contribution in [2.24, 2.45) is 5.73 Å². The van der Waals surface area contributed by atoms with Crippen LogP contribution in [-0.2, 0) is 13.0 Å². The normalized spacial score (nSPS) is 10.9. The van der Waals surface area contributed by atoms with Crippen molar-refractivity contribution < 1.29 is 0 Å².